The number of phenolic OH excluding ortho intramolecular Hbond substituents is 1. The van der Waals surface area contributed by atoms with Crippen LogP contribution in [0.25, 0.3) is 0 Å². The molecule has 0 radical (unpaired) electrons. The fraction of sp³-hybridized carbons (Fsp3) is 0.176. The van der Waals surface area contributed by atoms with Crippen molar-refractivity contribution in [3.05, 3.63) is 52.5 Å². The Morgan fingerprint density at radius 1 is 1.25 bits per heavy atom. The third-order valence-electron chi connectivity index (χ3n) is 3.17. The molecule has 0 fully saturated rings. The molecule has 2 aromatic carbocycles. The SMILES string of the molecule is COc1cc(Cl)c(C)cc1NC(=O)COC(=O)c1cccc(O)c1. The van der Waals surface area contributed by atoms with E-state index in [0.29, 0.717) is 16.5 Å². The molecule has 0 spiro atoms. The fourth-order valence-corrected chi connectivity index (χ4v) is 2.12. The standard InChI is InChI=1S/C17H16ClNO5/c1-10-6-14(15(23-2)8-13(10)18)19-16(21)9-24-17(22)11-4-3-5-12(20)7-11/h3-8,20H,9H2,1-2H3,(H,19,21). The van der Waals surface area contributed by atoms with E-state index in [4.69, 9.17) is 21.1 Å². The molecule has 126 valence electrons. The lowest BCUT2D eigenvalue weighted by Crippen LogP contribution is -2.21. The zero-order valence-electron chi connectivity index (χ0n) is 13.1. The monoisotopic (exact) mass is 349 g/mol. The van der Waals surface area contributed by atoms with E-state index in [0.717, 1.165) is 5.56 Å². The number of benzene rings is 2. The molecule has 2 aromatic rings. The van der Waals surface area contributed by atoms with Crippen molar-refractivity contribution in [1.29, 1.82) is 0 Å². The number of aryl methyl sites for hydroxylation is 1. The molecule has 0 unspecified atom stereocenters. The van der Waals surface area contributed by atoms with Crippen molar-refractivity contribution >= 4 is 29.2 Å². The summed E-state index contributed by atoms with van der Waals surface area (Å²) in [5.74, 6) is -0.891. The number of aromatic hydroxyl groups is 1. The summed E-state index contributed by atoms with van der Waals surface area (Å²) in [6, 6.07) is 8.92. The summed E-state index contributed by atoms with van der Waals surface area (Å²) in [5, 5.41) is 12.4. The number of anilines is 1. The first-order valence-electron chi connectivity index (χ1n) is 7.01. The molecule has 0 aliphatic heterocycles. The number of phenols is 1. The second-order valence-corrected chi connectivity index (χ2v) is 5.38. The minimum absolute atomic E-state index is 0.0599. The Balaban J connectivity index is 1.99. The van der Waals surface area contributed by atoms with Gasteiger partial charge in [0.25, 0.3) is 5.91 Å². The Labute approximate surface area is 144 Å². The first kappa shape index (κ1) is 17.6. The molecule has 2 N–H and O–H groups in total. The average Bonchev–Trinajstić information content (AvgIpc) is 2.55. The average molecular weight is 350 g/mol. The van der Waals surface area contributed by atoms with E-state index < -0.39 is 18.5 Å². The van der Waals surface area contributed by atoms with Gasteiger partial charge >= 0.3 is 5.97 Å². The van der Waals surface area contributed by atoms with Crippen molar-refractivity contribution in [2.24, 2.45) is 0 Å². The van der Waals surface area contributed by atoms with Gasteiger partial charge in [-0.05, 0) is 36.8 Å². The van der Waals surface area contributed by atoms with Crippen LogP contribution in [0.3, 0.4) is 0 Å². The van der Waals surface area contributed by atoms with E-state index in [1.807, 2.05) is 0 Å². The minimum Gasteiger partial charge on any atom is -0.508 e. The highest BCUT2D eigenvalue weighted by Gasteiger charge is 2.13. The van der Waals surface area contributed by atoms with Crippen LogP contribution in [-0.4, -0.2) is 30.7 Å². The van der Waals surface area contributed by atoms with Crippen molar-refractivity contribution in [3.63, 3.8) is 0 Å². The van der Waals surface area contributed by atoms with Crippen molar-refractivity contribution in [3.8, 4) is 11.5 Å². The van der Waals surface area contributed by atoms with Gasteiger partial charge in [-0.2, -0.15) is 0 Å². The van der Waals surface area contributed by atoms with Gasteiger partial charge in [0.15, 0.2) is 6.61 Å². The van der Waals surface area contributed by atoms with Crippen molar-refractivity contribution in [2.45, 2.75) is 6.92 Å². The van der Waals surface area contributed by atoms with Gasteiger partial charge in [-0.1, -0.05) is 17.7 Å². The molecule has 6 nitrogen and oxygen atoms in total. The van der Waals surface area contributed by atoms with E-state index in [9.17, 15) is 14.7 Å². The number of hydrogen-bond acceptors (Lipinski definition) is 5. The molecule has 0 heterocycles. The maximum absolute atomic E-state index is 12.0. The molecule has 24 heavy (non-hydrogen) atoms. The topological polar surface area (TPSA) is 84.9 Å². The number of esters is 1. The number of ether oxygens (including phenoxy) is 2. The van der Waals surface area contributed by atoms with E-state index in [1.165, 1.54) is 31.4 Å². The smallest absolute Gasteiger partial charge is 0.338 e. The maximum atomic E-state index is 12.0. The number of methoxy groups -OCH3 is 1. The Morgan fingerprint density at radius 3 is 2.67 bits per heavy atom. The van der Waals surface area contributed by atoms with Crippen LogP contribution in [0.2, 0.25) is 5.02 Å². The molecular formula is C17H16ClNO5. The third-order valence-corrected chi connectivity index (χ3v) is 3.58. The van der Waals surface area contributed by atoms with Gasteiger partial charge in [0.05, 0.1) is 18.4 Å². The van der Waals surface area contributed by atoms with E-state index in [-0.39, 0.29) is 11.3 Å². The number of halogens is 1. The molecule has 0 saturated carbocycles. The molecule has 0 saturated heterocycles. The van der Waals surface area contributed by atoms with Crippen LogP contribution >= 0.6 is 11.6 Å². The zero-order chi connectivity index (χ0) is 17.7. The van der Waals surface area contributed by atoms with Gasteiger partial charge in [-0.25, -0.2) is 4.79 Å². The second kappa shape index (κ2) is 7.70. The molecule has 0 atom stereocenters. The Hall–Kier alpha value is -2.73. The number of amides is 1. The summed E-state index contributed by atoms with van der Waals surface area (Å²) < 4.78 is 10.1. The lowest BCUT2D eigenvalue weighted by molar-refractivity contribution is -0.119. The Morgan fingerprint density at radius 2 is 2.00 bits per heavy atom. The highest BCUT2D eigenvalue weighted by molar-refractivity contribution is 6.31. The molecule has 7 heteroatoms. The molecule has 2 rings (SSSR count). The molecular weight excluding hydrogens is 334 g/mol. The van der Waals surface area contributed by atoms with E-state index >= 15 is 0 Å². The lowest BCUT2D eigenvalue weighted by atomic mass is 10.2. The van der Waals surface area contributed by atoms with Crippen LogP contribution in [0.15, 0.2) is 36.4 Å². The first-order chi connectivity index (χ1) is 11.4. The summed E-state index contributed by atoms with van der Waals surface area (Å²) >= 11 is 6.00. The number of carbonyl (C=O) groups is 2. The number of carbonyl (C=O) groups excluding carboxylic acids is 2. The molecule has 0 aliphatic rings. The predicted molar refractivity (Wildman–Crippen MR) is 89.8 cm³/mol. The van der Waals surface area contributed by atoms with Crippen molar-refractivity contribution in [2.75, 3.05) is 19.0 Å². The van der Waals surface area contributed by atoms with Gasteiger partial charge < -0.3 is 19.9 Å². The Kier molecular flexibility index (Phi) is 5.65. The number of rotatable bonds is 5. The second-order valence-electron chi connectivity index (χ2n) is 4.98. The maximum Gasteiger partial charge on any atom is 0.338 e. The van der Waals surface area contributed by atoms with Crippen LogP contribution in [-0.2, 0) is 9.53 Å². The summed E-state index contributed by atoms with van der Waals surface area (Å²) in [6.45, 7) is 1.32. The van der Waals surface area contributed by atoms with Gasteiger partial charge in [-0.3, -0.25) is 4.79 Å². The van der Waals surface area contributed by atoms with Gasteiger partial charge in [0.2, 0.25) is 0 Å². The number of nitrogens with one attached hydrogen (secondary N) is 1. The summed E-state index contributed by atoms with van der Waals surface area (Å²) in [4.78, 5) is 23.8. The quantitative estimate of drug-likeness (QED) is 0.810. The predicted octanol–water partition coefficient (Wildman–Crippen LogP) is 3.16. The first-order valence-corrected chi connectivity index (χ1v) is 7.38. The largest absolute Gasteiger partial charge is 0.508 e. The lowest BCUT2D eigenvalue weighted by Gasteiger charge is -2.12. The molecule has 0 bridgehead atoms. The Bertz CT molecular complexity index is 776. The van der Waals surface area contributed by atoms with Gasteiger partial charge in [0, 0.05) is 11.1 Å². The van der Waals surface area contributed by atoms with Crippen LogP contribution in [0, 0.1) is 6.92 Å². The fourth-order valence-electron chi connectivity index (χ4n) is 1.96. The number of hydrogen-bond donors (Lipinski definition) is 2. The van der Waals surface area contributed by atoms with Gasteiger partial charge in [0.1, 0.15) is 11.5 Å². The van der Waals surface area contributed by atoms with Crippen LogP contribution in [0.4, 0.5) is 5.69 Å². The minimum atomic E-state index is -0.708. The summed E-state index contributed by atoms with van der Waals surface area (Å²) in [5.41, 5.74) is 1.35. The van der Waals surface area contributed by atoms with E-state index in [1.54, 1.807) is 19.1 Å². The zero-order valence-corrected chi connectivity index (χ0v) is 13.9. The highest BCUT2D eigenvalue weighted by atomic mass is 35.5. The van der Waals surface area contributed by atoms with E-state index in [2.05, 4.69) is 5.32 Å². The summed E-state index contributed by atoms with van der Waals surface area (Å²) in [6.07, 6.45) is 0. The van der Waals surface area contributed by atoms with Gasteiger partial charge in [-0.15, -0.1) is 0 Å². The third kappa shape index (κ3) is 4.39. The van der Waals surface area contributed by atoms with Crippen LogP contribution < -0.4 is 10.1 Å². The van der Waals surface area contributed by atoms with Crippen molar-refractivity contribution < 1.29 is 24.2 Å². The normalized spacial score (nSPS) is 10.1. The molecule has 0 aromatic heterocycles. The van der Waals surface area contributed by atoms with Crippen LogP contribution in [0.5, 0.6) is 11.5 Å². The molecule has 1 amide bonds. The van der Waals surface area contributed by atoms with Crippen molar-refractivity contribution in [1.82, 2.24) is 0 Å². The van der Waals surface area contributed by atoms with Crippen LogP contribution in [0.1, 0.15) is 15.9 Å². The molecule has 0 aliphatic carbocycles. The summed E-state index contributed by atoms with van der Waals surface area (Å²) in [7, 11) is 1.46. The highest BCUT2D eigenvalue weighted by Crippen LogP contribution is 2.30.